The highest BCUT2D eigenvalue weighted by atomic mass is 16.5. The molecule has 0 fully saturated rings. The van der Waals surface area contributed by atoms with Crippen LogP contribution in [-0.2, 0) is 25.8 Å². The topological polar surface area (TPSA) is 91.6 Å². The molecule has 0 bridgehead atoms. The van der Waals surface area contributed by atoms with Gasteiger partial charge in [-0.1, -0.05) is 31.1 Å². The van der Waals surface area contributed by atoms with Gasteiger partial charge in [-0.05, 0) is 30.5 Å². The maximum absolute atomic E-state index is 11.7. The van der Waals surface area contributed by atoms with Gasteiger partial charge in [0.15, 0.2) is 5.96 Å². The summed E-state index contributed by atoms with van der Waals surface area (Å²) >= 11 is 0. The fourth-order valence-electron chi connectivity index (χ4n) is 2.87. The van der Waals surface area contributed by atoms with Crippen molar-refractivity contribution < 1.29 is 9.32 Å². The lowest BCUT2D eigenvalue weighted by Crippen LogP contribution is -2.38. The van der Waals surface area contributed by atoms with Crippen LogP contribution in [-0.4, -0.2) is 37.7 Å². The Balaban J connectivity index is 1.88. The molecule has 0 atom stereocenters. The molecule has 2 aromatic rings. The quantitative estimate of drug-likeness (QED) is 0.488. The highest BCUT2D eigenvalue weighted by Crippen LogP contribution is 2.15. The third-order valence-corrected chi connectivity index (χ3v) is 4.39. The first-order valence-corrected chi connectivity index (χ1v) is 9.34. The zero-order valence-electron chi connectivity index (χ0n) is 16.6. The summed E-state index contributed by atoms with van der Waals surface area (Å²) in [5.41, 5.74) is 3.87. The van der Waals surface area contributed by atoms with Crippen molar-refractivity contribution in [1.82, 2.24) is 21.1 Å². The van der Waals surface area contributed by atoms with Crippen LogP contribution in [0, 0.1) is 0 Å². The van der Waals surface area contributed by atoms with Crippen LogP contribution >= 0.6 is 0 Å². The number of aryl methyl sites for hydroxylation is 2. The summed E-state index contributed by atoms with van der Waals surface area (Å²) in [5, 5.41) is 13.4. The van der Waals surface area contributed by atoms with E-state index >= 15 is 0 Å². The average molecular weight is 371 g/mol. The van der Waals surface area contributed by atoms with Crippen molar-refractivity contribution in [2.45, 2.75) is 39.7 Å². The molecule has 0 saturated carbocycles. The van der Waals surface area contributed by atoms with Crippen LogP contribution in [0.2, 0.25) is 0 Å². The van der Waals surface area contributed by atoms with Crippen molar-refractivity contribution in [1.29, 1.82) is 0 Å². The summed E-state index contributed by atoms with van der Waals surface area (Å²) in [4.78, 5) is 16.0. The molecule has 3 N–H and O–H groups in total. The number of guanidine groups is 1. The van der Waals surface area contributed by atoms with Crippen molar-refractivity contribution in [3.8, 4) is 0 Å². The molecule has 0 spiro atoms. The molecule has 0 aliphatic carbocycles. The van der Waals surface area contributed by atoms with E-state index in [4.69, 9.17) is 4.52 Å². The Morgan fingerprint density at radius 1 is 1.22 bits per heavy atom. The lowest BCUT2D eigenvalue weighted by molar-refractivity contribution is 0.0963. The van der Waals surface area contributed by atoms with Gasteiger partial charge in [0, 0.05) is 44.7 Å². The van der Waals surface area contributed by atoms with Crippen LogP contribution < -0.4 is 16.0 Å². The second kappa shape index (κ2) is 10.4. The van der Waals surface area contributed by atoms with E-state index in [9.17, 15) is 4.79 Å². The van der Waals surface area contributed by atoms with E-state index in [0.717, 1.165) is 47.8 Å². The SMILES string of the molecule is CCc1noc(CC)c1CNC(=NC)NCCc1cccc(C(=O)NC)c1. The molecule has 1 heterocycles. The van der Waals surface area contributed by atoms with Gasteiger partial charge in [-0.25, -0.2) is 0 Å². The van der Waals surface area contributed by atoms with E-state index < -0.39 is 0 Å². The Labute approximate surface area is 160 Å². The van der Waals surface area contributed by atoms with Gasteiger partial charge >= 0.3 is 0 Å². The number of aliphatic imine (C=N–C) groups is 1. The molecule has 1 aromatic carbocycles. The van der Waals surface area contributed by atoms with Crippen molar-refractivity contribution in [2.24, 2.45) is 4.99 Å². The summed E-state index contributed by atoms with van der Waals surface area (Å²) in [6.07, 6.45) is 2.45. The third-order valence-electron chi connectivity index (χ3n) is 4.39. The van der Waals surface area contributed by atoms with Crippen LogP contribution in [0.1, 0.15) is 46.8 Å². The lowest BCUT2D eigenvalue weighted by Gasteiger charge is -2.12. The van der Waals surface area contributed by atoms with Crippen LogP contribution in [0.15, 0.2) is 33.8 Å². The van der Waals surface area contributed by atoms with Crippen LogP contribution in [0.3, 0.4) is 0 Å². The van der Waals surface area contributed by atoms with Crippen molar-refractivity contribution in [3.05, 3.63) is 52.4 Å². The van der Waals surface area contributed by atoms with E-state index in [1.54, 1.807) is 14.1 Å². The molecule has 0 saturated heterocycles. The Kier molecular flexibility index (Phi) is 7.85. The van der Waals surface area contributed by atoms with E-state index in [-0.39, 0.29) is 5.91 Å². The molecule has 0 aliphatic heterocycles. The molecule has 0 radical (unpaired) electrons. The Bertz CT molecular complexity index is 761. The standard InChI is InChI=1S/C20H29N5O2/c1-5-17-16(18(6-2)27-25-17)13-24-20(22-4)23-11-10-14-8-7-9-15(12-14)19(26)21-3/h7-9,12H,5-6,10-11,13H2,1-4H3,(H,21,26)(H2,22,23,24). The van der Waals surface area contributed by atoms with Gasteiger partial charge in [-0.15, -0.1) is 0 Å². The molecule has 0 aliphatic rings. The monoisotopic (exact) mass is 371 g/mol. The first-order valence-electron chi connectivity index (χ1n) is 9.34. The maximum atomic E-state index is 11.7. The second-order valence-electron chi connectivity index (χ2n) is 6.12. The van der Waals surface area contributed by atoms with Gasteiger partial charge in [0.05, 0.1) is 5.69 Å². The normalized spacial score (nSPS) is 11.3. The Morgan fingerprint density at radius 3 is 2.70 bits per heavy atom. The minimum atomic E-state index is -0.0746. The molecular weight excluding hydrogens is 342 g/mol. The lowest BCUT2D eigenvalue weighted by atomic mass is 10.1. The van der Waals surface area contributed by atoms with Crippen molar-refractivity contribution >= 4 is 11.9 Å². The first kappa shape index (κ1) is 20.5. The fraction of sp³-hybridized carbons (Fsp3) is 0.450. The molecule has 2 rings (SSSR count). The zero-order chi connectivity index (χ0) is 19.6. The summed E-state index contributed by atoms with van der Waals surface area (Å²) in [6.45, 7) is 5.47. The number of nitrogens with one attached hydrogen (secondary N) is 3. The van der Waals surface area contributed by atoms with Crippen molar-refractivity contribution in [3.63, 3.8) is 0 Å². The van der Waals surface area contributed by atoms with Gasteiger partial charge in [-0.2, -0.15) is 0 Å². The van der Waals surface area contributed by atoms with E-state index in [1.165, 1.54) is 0 Å². The van der Waals surface area contributed by atoms with Gasteiger partial charge in [0.2, 0.25) is 0 Å². The molecule has 146 valence electrons. The highest BCUT2D eigenvalue weighted by molar-refractivity contribution is 5.94. The number of nitrogens with zero attached hydrogens (tertiary/aromatic N) is 2. The minimum absolute atomic E-state index is 0.0746. The zero-order valence-corrected chi connectivity index (χ0v) is 16.6. The van der Waals surface area contributed by atoms with Crippen molar-refractivity contribution in [2.75, 3.05) is 20.6 Å². The smallest absolute Gasteiger partial charge is 0.251 e. The highest BCUT2D eigenvalue weighted by Gasteiger charge is 2.13. The van der Waals surface area contributed by atoms with E-state index in [2.05, 4.69) is 39.9 Å². The van der Waals surface area contributed by atoms with Gasteiger partial charge in [-0.3, -0.25) is 9.79 Å². The number of aromatic nitrogens is 1. The average Bonchev–Trinajstić information content (AvgIpc) is 3.12. The molecule has 27 heavy (non-hydrogen) atoms. The predicted molar refractivity (Wildman–Crippen MR) is 107 cm³/mol. The number of amides is 1. The Hall–Kier alpha value is -2.83. The molecule has 7 heteroatoms. The fourth-order valence-corrected chi connectivity index (χ4v) is 2.87. The third kappa shape index (κ3) is 5.57. The molecule has 7 nitrogen and oxygen atoms in total. The number of hydrogen-bond acceptors (Lipinski definition) is 4. The Morgan fingerprint density at radius 2 is 2.04 bits per heavy atom. The largest absolute Gasteiger partial charge is 0.361 e. The number of carbonyl (C=O) groups is 1. The molecular formula is C20H29N5O2. The number of rotatable bonds is 8. The maximum Gasteiger partial charge on any atom is 0.251 e. The number of carbonyl (C=O) groups excluding carboxylic acids is 1. The van der Waals surface area contributed by atoms with Crippen LogP contribution in [0.4, 0.5) is 0 Å². The summed E-state index contributed by atoms with van der Waals surface area (Å²) < 4.78 is 5.40. The van der Waals surface area contributed by atoms with Crippen LogP contribution in [0.5, 0.6) is 0 Å². The molecule has 1 aromatic heterocycles. The summed E-state index contributed by atoms with van der Waals surface area (Å²) in [7, 11) is 3.38. The summed E-state index contributed by atoms with van der Waals surface area (Å²) in [5.74, 6) is 1.57. The minimum Gasteiger partial charge on any atom is -0.361 e. The van der Waals surface area contributed by atoms with Gasteiger partial charge in [0.25, 0.3) is 5.91 Å². The van der Waals surface area contributed by atoms with E-state index in [0.29, 0.717) is 18.7 Å². The second-order valence-corrected chi connectivity index (χ2v) is 6.12. The number of benzene rings is 1. The predicted octanol–water partition coefficient (Wildman–Crippen LogP) is 2.07. The van der Waals surface area contributed by atoms with Crippen LogP contribution in [0.25, 0.3) is 0 Å². The molecule has 1 amide bonds. The summed E-state index contributed by atoms with van der Waals surface area (Å²) in [6, 6.07) is 7.64. The molecule has 0 unspecified atom stereocenters. The van der Waals surface area contributed by atoms with Gasteiger partial charge in [0.1, 0.15) is 5.76 Å². The first-order chi connectivity index (χ1) is 13.1. The number of hydrogen-bond donors (Lipinski definition) is 3. The van der Waals surface area contributed by atoms with E-state index in [1.807, 2.05) is 24.3 Å². The van der Waals surface area contributed by atoms with Gasteiger partial charge < -0.3 is 20.5 Å².